The Hall–Kier alpha value is -1.40. The number of halogens is 1. The van der Waals surface area contributed by atoms with Crippen molar-refractivity contribution >= 4 is 32.4 Å². The fourth-order valence-corrected chi connectivity index (χ4v) is 3.66. The van der Waals surface area contributed by atoms with Gasteiger partial charge in [0.15, 0.2) is 0 Å². The lowest BCUT2D eigenvalue weighted by Crippen LogP contribution is -2.35. The molecule has 0 saturated carbocycles. The number of hydrogen-bond acceptors (Lipinski definition) is 5. The van der Waals surface area contributed by atoms with Crippen LogP contribution in [-0.2, 0) is 0 Å². The molecular weight excluding hydrogens is 348 g/mol. The molecule has 1 aliphatic rings. The summed E-state index contributed by atoms with van der Waals surface area (Å²) in [6.45, 7) is 5.79. The van der Waals surface area contributed by atoms with Crippen molar-refractivity contribution in [3.05, 3.63) is 41.0 Å². The first-order chi connectivity index (χ1) is 10.1. The van der Waals surface area contributed by atoms with E-state index in [0.717, 1.165) is 51.8 Å². The maximum Gasteiger partial charge on any atom is 0.208 e. The second kappa shape index (κ2) is 6.15. The number of benzene rings is 1. The minimum absolute atomic E-state index is 0.445. The van der Waals surface area contributed by atoms with E-state index in [1.54, 1.807) is 11.3 Å². The summed E-state index contributed by atoms with van der Waals surface area (Å²) in [7, 11) is 0. The summed E-state index contributed by atoms with van der Waals surface area (Å²) in [5.74, 6) is 0.445. The molecule has 1 aliphatic heterocycles. The molecule has 2 aromatic rings. The largest absolute Gasteiger partial charge is 0.402 e. The van der Waals surface area contributed by atoms with Gasteiger partial charge in [0.25, 0.3) is 0 Å². The lowest BCUT2D eigenvalue weighted by molar-refractivity contribution is 0.455. The predicted octanol–water partition coefficient (Wildman–Crippen LogP) is 3.66. The molecule has 6 heteroatoms. The van der Waals surface area contributed by atoms with Gasteiger partial charge in [-0.2, -0.15) is 0 Å². The number of anilines is 1. The molecule has 1 saturated heterocycles. The second-order valence-corrected chi connectivity index (χ2v) is 7.10. The number of rotatable bonds is 3. The van der Waals surface area contributed by atoms with Gasteiger partial charge < -0.3 is 10.6 Å². The number of aromatic nitrogens is 2. The van der Waals surface area contributed by atoms with Gasteiger partial charge >= 0.3 is 0 Å². The van der Waals surface area contributed by atoms with E-state index < -0.39 is 0 Å². The van der Waals surface area contributed by atoms with Crippen LogP contribution in [0.1, 0.15) is 12.8 Å². The molecule has 0 aliphatic carbocycles. The average molecular weight is 365 g/mol. The van der Waals surface area contributed by atoms with Crippen molar-refractivity contribution in [2.45, 2.75) is 12.8 Å². The summed E-state index contributed by atoms with van der Waals surface area (Å²) in [6.07, 6.45) is 2.09. The van der Waals surface area contributed by atoms with Gasteiger partial charge in [0, 0.05) is 34.7 Å². The van der Waals surface area contributed by atoms with Gasteiger partial charge in [0.2, 0.25) is 5.13 Å². The molecular formula is C15H17BrN4S. The Balaban J connectivity index is 1.71. The van der Waals surface area contributed by atoms with E-state index in [2.05, 4.69) is 49.7 Å². The normalized spacial score (nSPS) is 16.1. The third kappa shape index (κ3) is 3.27. The zero-order valence-corrected chi connectivity index (χ0v) is 14.0. The van der Waals surface area contributed by atoms with Gasteiger partial charge in [-0.25, -0.2) is 0 Å². The van der Waals surface area contributed by atoms with Crippen molar-refractivity contribution in [2.75, 3.05) is 18.0 Å². The smallest absolute Gasteiger partial charge is 0.208 e. The van der Waals surface area contributed by atoms with Crippen LogP contribution in [0.2, 0.25) is 0 Å². The summed E-state index contributed by atoms with van der Waals surface area (Å²) < 4.78 is 1.07. The number of hydrogen-bond donors (Lipinski definition) is 1. The van der Waals surface area contributed by atoms with Crippen molar-refractivity contribution in [1.29, 1.82) is 0 Å². The van der Waals surface area contributed by atoms with Crippen molar-refractivity contribution in [1.82, 2.24) is 10.2 Å². The molecule has 0 bridgehead atoms. The van der Waals surface area contributed by atoms with Crippen LogP contribution in [0.15, 0.2) is 41.0 Å². The molecule has 4 nitrogen and oxygen atoms in total. The summed E-state index contributed by atoms with van der Waals surface area (Å²) in [6, 6.07) is 8.15. The minimum atomic E-state index is 0.445. The predicted molar refractivity (Wildman–Crippen MR) is 91.3 cm³/mol. The van der Waals surface area contributed by atoms with Crippen LogP contribution >= 0.6 is 27.3 Å². The van der Waals surface area contributed by atoms with Gasteiger partial charge in [-0.1, -0.05) is 46.0 Å². The summed E-state index contributed by atoms with van der Waals surface area (Å²) in [5.41, 5.74) is 7.71. The molecule has 1 aromatic heterocycles. The van der Waals surface area contributed by atoms with E-state index in [9.17, 15) is 0 Å². The molecule has 1 fully saturated rings. The zero-order valence-electron chi connectivity index (χ0n) is 11.6. The number of piperidine rings is 1. The third-order valence-electron chi connectivity index (χ3n) is 3.80. The first kappa shape index (κ1) is 14.5. The van der Waals surface area contributed by atoms with Crippen LogP contribution in [0.25, 0.3) is 10.6 Å². The van der Waals surface area contributed by atoms with E-state index in [4.69, 9.17) is 5.73 Å². The number of allylic oxidation sites excluding steroid dienone is 1. The van der Waals surface area contributed by atoms with Gasteiger partial charge in [0.1, 0.15) is 5.01 Å². The quantitative estimate of drug-likeness (QED) is 0.902. The lowest BCUT2D eigenvalue weighted by atomic mass is 9.95. The van der Waals surface area contributed by atoms with Crippen LogP contribution in [0.4, 0.5) is 5.13 Å². The van der Waals surface area contributed by atoms with E-state index in [1.165, 1.54) is 0 Å². The molecule has 3 rings (SSSR count). The minimum Gasteiger partial charge on any atom is -0.402 e. The van der Waals surface area contributed by atoms with E-state index in [-0.39, 0.29) is 0 Å². The van der Waals surface area contributed by atoms with E-state index in [0.29, 0.717) is 5.92 Å². The summed E-state index contributed by atoms with van der Waals surface area (Å²) in [4.78, 5) is 2.29. The van der Waals surface area contributed by atoms with Crippen molar-refractivity contribution in [3.8, 4) is 10.6 Å². The molecule has 110 valence electrons. The average Bonchev–Trinajstić information content (AvgIpc) is 2.98. The van der Waals surface area contributed by atoms with E-state index in [1.807, 2.05) is 12.1 Å². The van der Waals surface area contributed by atoms with Gasteiger partial charge in [0.05, 0.1) is 0 Å². The monoisotopic (exact) mass is 364 g/mol. The summed E-state index contributed by atoms with van der Waals surface area (Å²) >= 11 is 5.09. The number of nitrogens with two attached hydrogens (primary N) is 1. The maximum atomic E-state index is 5.80. The third-order valence-corrected chi connectivity index (χ3v) is 5.36. The molecule has 0 atom stereocenters. The molecule has 1 aromatic carbocycles. The van der Waals surface area contributed by atoms with Crippen molar-refractivity contribution in [2.24, 2.45) is 11.7 Å². The Morgan fingerprint density at radius 3 is 2.52 bits per heavy atom. The van der Waals surface area contributed by atoms with Crippen LogP contribution in [0.5, 0.6) is 0 Å². The topological polar surface area (TPSA) is 55.0 Å². The van der Waals surface area contributed by atoms with Crippen LogP contribution in [-0.4, -0.2) is 23.3 Å². The molecule has 21 heavy (non-hydrogen) atoms. The molecule has 0 amide bonds. The van der Waals surface area contributed by atoms with E-state index >= 15 is 0 Å². The Kier molecular flexibility index (Phi) is 4.26. The highest BCUT2D eigenvalue weighted by Gasteiger charge is 2.22. The first-order valence-electron chi connectivity index (χ1n) is 6.92. The summed E-state index contributed by atoms with van der Waals surface area (Å²) in [5, 5.41) is 10.6. The lowest BCUT2D eigenvalue weighted by Gasteiger charge is -2.31. The van der Waals surface area contributed by atoms with Crippen LogP contribution in [0.3, 0.4) is 0 Å². The Morgan fingerprint density at radius 2 is 1.90 bits per heavy atom. The van der Waals surface area contributed by atoms with Gasteiger partial charge in [-0.05, 0) is 25.0 Å². The SMILES string of the molecule is C=C(N)C1CCN(c2nnc(-c3ccc(Br)cc3)s2)CC1. The number of nitrogens with zero attached hydrogens (tertiary/aromatic N) is 3. The van der Waals surface area contributed by atoms with Crippen LogP contribution < -0.4 is 10.6 Å². The standard InChI is InChI=1S/C15H17BrN4S/c1-10(17)11-6-8-20(9-7-11)15-19-18-14(21-15)12-2-4-13(16)5-3-12/h2-5,11H,1,6-9,17H2. The highest BCUT2D eigenvalue weighted by Crippen LogP contribution is 2.32. The maximum absolute atomic E-state index is 5.80. The van der Waals surface area contributed by atoms with Crippen LogP contribution in [0, 0.1) is 5.92 Å². The Bertz CT molecular complexity index is 629. The molecule has 0 radical (unpaired) electrons. The van der Waals surface area contributed by atoms with Gasteiger partial charge in [-0.15, -0.1) is 10.2 Å². The molecule has 0 unspecified atom stereocenters. The van der Waals surface area contributed by atoms with Gasteiger partial charge in [-0.3, -0.25) is 0 Å². The second-order valence-electron chi connectivity index (χ2n) is 5.23. The fourth-order valence-electron chi connectivity index (χ4n) is 2.49. The molecule has 2 heterocycles. The highest BCUT2D eigenvalue weighted by atomic mass is 79.9. The molecule has 0 spiro atoms. The zero-order chi connectivity index (χ0) is 14.8. The Labute approximate surface area is 136 Å². The van der Waals surface area contributed by atoms with Crippen molar-refractivity contribution in [3.63, 3.8) is 0 Å². The highest BCUT2D eigenvalue weighted by molar-refractivity contribution is 9.10. The first-order valence-corrected chi connectivity index (χ1v) is 8.53. The fraction of sp³-hybridized carbons (Fsp3) is 0.333. The van der Waals surface area contributed by atoms with Crippen molar-refractivity contribution < 1.29 is 0 Å². The molecule has 2 N–H and O–H groups in total. The Morgan fingerprint density at radius 1 is 1.24 bits per heavy atom.